The summed E-state index contributed by atoms with van der Waals surface area (Å²) in [7, 11) is 0. The van der Waals surface area contributed by atoms with Crippen LogP contribution in [0.1, 0.15) is 8.22 Å². The maximum Gasteiger partial charge on any atom is 0.137 e. The van der Waals surface area contributed by atoms with Crippen LogP contribution in [0.25, 0.3) is 5.82 Å². The third-order valence-corrected chi connectivity index (χ3v) is 1.50. The average Bonchev–Trinajstić information content (AvgIpc) is 2.56. The molecule has 4 heteroatoms. The Bertz CT molecular complexity index is 640. The van der Waals surface area contributed by atoms with E-state index in [-0.39, 0.29) is 28.5 Å². The number of hydrogen-bond acceptors (Lipinski definition) is 2. The smallest absolute Gasteiger partial charge is 0.137 e. The number of pyridine rings is 1. The third kappa shape index (κ3) is 1.38. The first-order chi connectivity index (χ1) is 8.34. The second kappa shape index (κ2) is 3.06. The van der Waals surface area contributed by atoms with Crippen molar-refractivity contribution in [2.75, 3.05) is 0 Å². The van der Waals surface area contributed by atoms with Crippen molar-refractivity contribution in [3.63, 3.8) is 0 Å². The molecule has 2 heterocycles. The van der Waals surface area contributed by atoms with E-state index in [9.17, 15) is 0 Å². The van der Waals surface area contributed by atoms with Crippen LogP contribution in [0.3, 0.4) is 0 Å². The van der Waals surface area contributed by atoms with Crippen molar-refractivity contribution in [1.82, 2.24) is 14.5 Å². The maximum atomic E-state index is 7.73. The van der Waals surface area contributed by atoms with E-state index < -0.39 is 18.6 Å². The predicted octanol–water partition coefficient (Wildman–Crippen LogP) is 2.03. The summed E-state index contributed by atoms with van der Waals surface area (Å²) < 4.78 is 46.2. The van der Waals surface area contributed by atoms with Crippen LogP contribution in [-0.4, -0.2) is 14.5 Å². The second-order valence-corrected chi connectivity index (χ2v) is 2.68. The van der Waals surface area contributed by atoms with Gasteiger partial charge in [-0.25, -0.2) is 9.97 Å². The van der Waals surface area contributed by atoms with Crippen LogP contribution in [0.4, 0.5) is 0 Å². The van der Waals surface area contributed by atoms with Crippen molar-refractivity contribution in [3.8, 4) is 5.82 Å². The van der Waals surface area contributed by atoms with Crippen LogP contribution < -0.4 is 0 Å². The summed E-state index contributed by atoms with van der Waals surface area (Å²) in [5, 5.41) is 0. The third-order valence-electron chi connectivity index (χ3n) is 1.12. The largest absolute Gasteiger partial charge is 0.291 e. The fourth-order valence-corrected chi connectivity index (χ4v) is 0.838. The van der Waals surface area contributed by atoms with Gasteiger partial charge < -0.3 is 0 Å². The van der Waals surface area contributed by atoms with Gasteiger partial charge in [0.1, 0.15) is 13.5 Å². The number of hydrogen-bond donors (Lipinski definition) is 0. The van der Waals surface area contributed by atoms with Crippen LogP contribution >= 0.6 is 15.9 Å². The van der Waals surface area contributed by atoms with Gasteiger partial charge in [0.15, 0.2) is 0 Å². The highest BCUT2D eigenvalue weighted by molar-refractivity contribution is 9.10. The number of imidazole rings is 1. The molecule has 2 aromatic heterocycles. The van der Waals surface area contributed by atoms with E-state index in [0.717, 1.165) is 4.57 Å². The first-order valence-corrected chi connectivity index (χ1v) is 3.80. The minimum Gasteiger partial charge on any atom is -0.291 e. The lowest BCUT2D eigenvalue weighted by atomic mass is 10.5. The zero-order valence-corrected chi connectivity index (χ0v) is 7.31. The molecule has 0 spiro atoms. The summed E-state index contributed by atoms with van der Waals surface area (Å²) in [5.41, 5.74) is 0. The zero-order valence-electron chi connectivity index (χ0n) is 11.7. The molecule has 0 aliphatic heterocycles. The van der Waals surface area contributed by atoms with Gasteiger partial charge in [-0.1, -0.05) is 0 Å². The van der Waals surface area contributed by atoms with Gasteiger partial charge in [0, 0.05) is 23.0 Å². The summed E-state index contributed by atoms with van der Waals surface area (Å²) >= 11 is 2.97. The van der Waals surface area contributed by atoms with Crippen molar-refractivity contribution in [1.29, 1.82) is 0 Å². The second-order valence-electron chi connectivity index (χ2n) is 1.88. The number of nitrogens with zero attached hydrogens (tertiary/aromatic N) is 3. The first-order valence-electron chi connectivity index (χ1n) is 6.00. The van der Waals surface area contributed by atoms with Crippen molar-refractivity contribution in [2.45, 2.75) is 0 Å². The molecule has 0 atom stereocenters. The molecule has 60 valence electrons. The van der Waals surface area contributed by atoms with Crippen molar-refractivity contribution < 1.29 is 8.22 Å². The van der Waals surface area contributed by atoms with Gasteiger partial charge >= 0.3 is 0 Å². The number of halogens is 1. The van der Waals surface area contributed by atoms with Gasteiger partial charge in [0.05, 0.1) is 6.85 Å². The molecule has 3 nitrogen and oxygen atoms in total. The maximum absolute atomic E-state index is 7.73. The molecule has 0 aliphatic rings. The van der Waals surface area contributed by atoms with Crippen LogP contribution in [0.2, 0.25) is 0 Å². The molecule has 0 saturated carbocycles. The van der Waals surface area contributed by atoms with E-state index in [2.05, 4.69) is 25.9 Å². The van der Waals surface area contributed by atoms with Crippen molar-refractivity contribution in [2.24, 2.45) is 0 Å². The molecule has 0 fully saturated rings. The summed E-state index contributed by atoms with van der Waals surface area (Å²) in [6.45, 7) is 0. The molecule has 0 saturated heterocycles. The molecule has 0 aliphatic carbocycles. The van der Waals surface area contributed by atoms with Gasteiger partial charge in [0.2, 0.25) is 0 Å². The molecular formula is C8H6BrN3. The SMILES string of the molecule is [2H]c1nc(-n2c([2H])nc([2H])c2[2H])c([2H])c([2H])c1Br. The van der Waals surface area contributed by atoms with Crippen LogP contribution in [0.5, 0.6) is 0 Å². The summed E-state index contributed by atoms with van der Waals surface area (Å²) in [6, 6.07) is -0.596. The fourth-order valence-electron chi connectivity index (χ4n) is 0.650. The Morgan fingerprint density at radius 1 is 1.50 bits per heavy atom. The van der Waals surface area contributed by atoms with Gasteiger partial charge in [-0.3, -0.25) is 4.57 Å². The normalized spacial score (nSPS) is 17.1. The molecule has 0 amide bonds. The summed E-state index contributed by atoms with van der Waals surface area (Å²) in [5.74, 6) is -0.214. The fraction of sp³-hybridized carbons (Fsp3) is 0. The highest BCUT2D eigenvalue weighted by Crippen LogP contribution is 2.09. The van der Waals surface area contributed by atoms with E-state index in [1.54, 1.807) is 0 Å². The van der Waals surface area contributed by atoms with Crippen LogP contribution in [0.15, 0.2) is 41.4 Å². The highest BCUT2D eigenvalue weighted by Gasteiger charge is 1.94. The first kappa shape index (κ1) is 3.30. The Balaban J connectivity index is 2.80. The Labute approximate surface area is 86.6 Å². The monoisotopic (exact) mass is 229 g/mol. The number of rotatable bonds is 1. The van der Waals surface area contributed by atoms with Crippen LogP contribution in [-0.2, 0) is 0 Å². The molecule has 0 bridgehead atoms. The van der Waals surface area contributed by atoms with Gasteiger partial charge in [-0.15, -0.1) is 0 Å². The Kier molecular flexibility index (Phi) is 0.842. The minimum atomic E-state index is -0.424. The summed E-state index contributed by atoms with van der Waals surface area (Å²) in [6.07, 6.45) is -1.51. The lowest BCUT2D eigenvalue weighted by Gasteiger charge is -1.98. The van der Waals surface area contributed by atoms with E-state index in [1.807, 2.05) is 0 Å². The van der Waals surface area contributed by atoms with E-state index >= 15 is 0 Å². The van der Waals surface area contributed by atoms with Gasteiger partial charge in [-0.2, -0.15) is 0 Å². The molecule has 2 aromatic rings. The van der Waals surface area contributed by atoms with E-state index in [1.165, 1.54) is 0 Å². The molecule has 0 aromatic carbocycles. The zero-order chi connectivity index (χ0) is 13.6. The molecule has 0 unspecified atom stereocenters. The summed E-state index contributed by atoms with van der Waals surface area (Å²) in [4.78, 5) is 7.21. The number of aromatic nitrogens is 3. The van der Waals surface area contributed by atoms with Crippen molar-refractivity contribution >= 4 is 15.9 Å². The van der Waals surface area contributed by atoms with E-state index in [4.69, 9.17) is 8.22 Å². The lowest BCUT2D eigenvalue weighted by molar-refractivity contribution is 0.991. The molecule has 0 radical (unpaired) electrons. The average molecular weight is 230 g/mol. The molecule has 12 heavy (non-hydrogen) atoms. The Morgan fingerprint density at radius 2 is 2.42 bits per heavy atom. The van der Waals surface area contributed by atoms with Crippen LogP contribution in [0, 0.1) is 0 Å². The highest BCUT2D eigenvalue weighted by atomic mass is 79.9. The standard InChI is InChI=1S/C8H6BrN3/c9-7-1-2-8(11-5-7)12-4-3-10-6-12/h1-6H/i1D,2D,3D,4D,5D,6D. The predicted molar refractivity (Wildman–Crippen MR) is 49.1 cm³/mol. The minimum absolute atomic E-state index is 0.0699. The quantitative estimate of drug-likeness (QED) is 0.750. The topological polar surface area (TPSA) is 30.7 Å². The molecular weight excluding hydrogens is 218 g/mol. The van der Waals surface area contributed by atoms with Gasteiger partial charge in [-0.05, 0) is 28.0 Å². The lowest BCUT2D eigenvalue weighted by Crippen LogP contribution is -1.92. The van der Waals surface area contributed by atoms with E-state index in [0.29, 0.717) is 0 Å². The molecule has 0 N–H and O–H groups in total. The van der Waals surface area contributed by atoms with Crippen molar-refractivity contribution in [3.05, 3.63) is 41.4 Å². The Hall–Kier alpha value is -1.16. The van der Waals surface area contributed by atoms with Gasteiger partial charge in [0.25, 0.3) is 0 Å². The Morgan fingerprint density at radius 3 is 3.17 bits per heavy atom. The molecule has 2 rings (SSSR count).